The number of aliphatic hydroxyl groups excluding tert-OH is 1. The highest BCUT2D eigenvalue weighted by molar-refractivity contribution is 6.30. The van der Waals surface area contributed by atoms with Crippen LogP contribution in [-0.2, 0) is 0 Å². The van der Waals surface area contributed by atoms with E-state index in [0.29, 0.717) is 0 Å². The average Bonchev–Trinajstić information content (AvgIpc) is 2.18. The first-order valence-corrected chi connectivity index (χ1v) is 5.24. The van der Waals surface area contributed by atoms with E-state index in [1.54, 1.807) is 6.07 Å². The molecule has 4 heteroatoms. The Morgan fingerprint density at radius 3 is 2.60 bits per heavy atom. The zero-order chi connectivity index (χ0) is 11.4. The van der Waals surface area contributed by atoms with Gasteiger partial charge in [0.25, 0.3) is 0 Å². The molecular formula is C11H15ClFNO. The van der Waals surface area contributed by atoms with Crippen molar-refractivity contribution in [2.75, 3.05) is 6.61 Å². The Labute approximate surface area is 94.1 Å². The monoisotopic (exact) mass is 231 g/mol. The molecule has 2 N–H and O–H groups in total. The maximum absolute atomic E-state index is 12.9. The molecule has 0 aliphatic carbocycles. The molecule has 1 rings (SSSR count). The summed E-state index contributed by atoms with van der Waals surface area (Å²) in [5.74, 6) is -0.443. The van der Waals surface area contributed by atoms with E-state index < -0.39 is 5.82 Å². The summed E-state index contributed by atoms with van der Waals surface area (Å²) in [6.07, 6.45) is 0. The SMILES string of the molecule is CC(C)NC(CO)c1ccc(F)c(Cl)c1. The van der Waals surface area contributed by atoms with Gasteiger partial charge in [-0.05, 0) is 17.7 Å². The Balaban J connectivity index is 2.87. The fourth-order valence-electron chi connectivity index (χ4n) is 1.39. The van der Waals surface area contributed by atoms with E-state index >= 15 is 0 Å². The molecule has 0 amide bonds. The molecule has 15 heavy (non-hydrogen) atoms. The second-order valence-corrected chi connectivity index (χ2v) is 4.14. The van der Waals surface area contributed by atoms with Crippen LogP contribution in [0.3, 0.4) is 0 Å². The molecule has 1 unspecified atom stereocenters. The van der Waals surface area contributed by atoms with Gasteiger partial charge in [0, 0.05) is 6.04 Å². The molecule has 0 radical (unpaired) electrons. The summed E-state index contributed by atoms with van der Waals surface area (Å²) >= 11 is 5.67. The van der Waals surface area contributed by atoms with Crippen LogP contribution >= 0.6 is 11.6 Å². The lowest BCUT2D eigenvalue weighted by molar-refractivity contribution is 0.237. The predicted molar refractivity (Wildman–Crippen MR) is 59.5 cm³/mol. The molecule has 0 aliphatic rings. The van der Waals surface area contributed by atoms with Gasteiger partial charge in [0.15, 0.2) is 0 Å². The Bertz CT molecular complexity index is 330. The first-order chi connectivity index (χ1) is 7.04. The molecule has 1 aromatic rings. The van der Waals surface area contributed by atoms with Crippen LogP contribution in [0, 0.1) is 5.82 Å². The van der Waals surface area contributed by atoms with Gasteiger partial charge in [-0.1, -0.05) is 31.5 Å². The molecule has 0 saturated carbocycles. The second kappa shape index (κ2) is 5.45. The van der Waals surface area contributed by atoms with Gasteiger partial charge in [-0.2, -0.15) is 0 Å². The highest BCUT2D eigenvalue weighted by Gasteiger charge is 2.12. The molecular weight excluding hydrogens is 217 g/mol. The number of halogens is 2. The third-order valence-corrected chi connectivity index (χ3v) is 2.35. The zero-order valence-corrected chi connectivity index (χ0v) is 9.55. The van der Waals surface area contributed by atoms with Crippen molar-refractivity contribution in [3.63, 3.8) is 0 Å². The number of aliphatic hydroxyl groups is 1. The highest BCUT2D eigenvalue weighted by Crippen LogP contribution is 2.21. The first kappa shape index (κ1) is 12.4. The van der Waals surface area contributed by atoms with Crippen LogP contribution in [0.15, 0.2) is 18.2 Å². The predicted octanol–water partition coefficient (Wildman–Crippen LogP) is 2.51. The molecule has 0 aliphatic heterocycles. The zero-order valence-electron chi connectivity index (χ0n) is 8.80. The van der Waals surface area contributed by atoms with E-state index in [2.05, 4.69) is 5.32 Å². The lowest BCUT2D eigenvalue weighted by Gasteiger charge is -2.19. The summed E-state index contributed by atoms with van der Waals surface area (Å²) < 4.78 is 12.9. The van der Waals surface area contributed by atoms with Crippen molar-refractivity contribution in [1.29, 1.82) is 0 Å². The Morgan fingerprint density at radius 1 is 1.47 bits per heavy atom. The number of nitrogens with one attached hydrogen (secondary N) is 1. The minimum atomic E-state index is -0.443. The lowest BCUT2D eigenvalue weighted by Crippen LogP contribution is -2.30. The number of hydrogen-bond donors (Lipinski definition) is 2. The van der Waals surface area contributed by atoms with Gasteiger partial charge in [0.1, 0.15) is 5.82 Å². The Kier molecular flexibility index (Phi) is 4.51. The van der Waals surface area contributed by atoms with Crippen molar-refractivity contribution >= 4 is 11.6 Å². The van der Waals surface area contributed by atoms with Crippen LogP contribution in [0.5, 0.6) is 0 Å². The smallest absolute Gasteiger partial charge is 0.141 e. The van der Waals surface area contributed by atoms with Crippen LogP contribution < -0.4 is 5.32 Å². The summed E-state index contributed by atoms with van der Waals surface area (Å²) in [6, 6.07) is 4.50. The summed E-state index contributed by atoms with van der Waals surface area (Å²) in [4.78, 5) is 0. The first-order valence-electron chi connectivity index (χ1n) is 4.86. The molecule has 0 saturated heterocycles. The van der Waals surface area contributed by atoms with E-state index in [4.69, 9.17) is 11.6 Å². The molecule has 1 aromatic carbocycles. The van der Waals surface area contributed by atoms with Gasteiger partial charge in [-0.3, -0.25) is 0 Å². The van der Waals surface area contributed by atoms with Crippen LogP contribution in [0.1, 0.15) is 25.5 Å². The maximum atomic E-state index is 12.9. The van der Waals surface area contributed by atoms with Gasteiger partial charge in [-0.25, -0.2) is 4.39 Å². The van der Waals surface area contributed by atoms with E-state index in [1.165, 1.54) is 12.1 Å². The largest absolute Gasteiger partial charge is 0.394 e. The Morgan fingerprint density at radius 2 is 2.13 bits per heavy atom. The molecule has 0 spiro atoms. The highest BCUT2D eigenvalue weighted by atomic mass is 35.5. The van der Waals surface area contributed by atoms with Crippen LogP contribution in [-0.4, -0.2) is 17.8 Å². The van der Waals surface area contributed by atoms with Crippen LogP contribution in [0.2, 0.25) is 5.02 Å². The molecule has 84 valence electrons. The summed E-state index contributed by atoms with van der Waals surface area (Å²) in [5, 5.41) is 12.4. The average molecular weight is 232 g/mol. The molecule has 2 nitrogen and oxygen atoms in total. The van der Waals surface area contributed by atoms with Gasteiger partial charge in [0.2, 0.25) is 0 Å². The minimum Gasteiger partial charge on any atom is -0.394 e. The van der Waals surface area contributed by atoms with E-state index in [9.17, 15) is 9.50 Å². The lowest BCUT2D eigenvalue weighted by atomic mass is 10.1. The maximum Gasteiger partial charge on any atom is 0.141 e. The van der Waals surface area contributed by atoms with Crippen LogP contribution in [0.4, 0.5) is 4.39 Å². The standard InChI is InChI=1S/C11H15ClFNO/c1-7(2)14-11(6-15)8-3-4-10(13)9(12)5-8/h3-5,7,11,14-15H,6H2,1-2H3. The van der Waals surface area contributed by atoms with E-state index in [1.807, 2.05) is 13.8 Å². The third-order valence-electron chi connectivity index (χ3n) is 2.06. The fraction of sp³-hybridized carbons (Fsp3) is 0.455. The van der Waals surface area contributed by atoms with Gasteiger partial charge in [-0.15, -0.1) is 0 Å². The van der Waals surface area contributed by atoms with Crippen LogP contribution in [0.25, 0.3) is 0 Å². The van der Waals surface area contributed by atoms with Gasteiger partial charge in [0.05, 0.1) is 17.7 Å². The van der Waals surface area contributed by atoms with E-state index in [-0.39, 0.29) is 23.7 Å². The molecule has 0 aromatic heterocycles. The normalized spacial score (nSPS) is 13.2. The van der Waals surface area contributed by atoms with E-state index in [0.717, 1.165) is 5.56 Å². The number of hydrogen-bond acceptors (Lipinski definition) is 2. The topological polar surface area (TPSA) is 32.3 Å². The molecule has 0 bridgehead atoms. The van der Waals surface area contributed by atoms with Crippen molar-refractivity contribution in [3.8, 4) is 0 Å². The molecule has 0 heterocycles. The van der Waals surface area contributed by atoms with Crippen molar-refractivity contribution in [2.24, 2.45) is 0 Å². The van der Waals surface area contributed by atoms with Gasteiger partial charge >= 0.3 is 0 Å². The summed E-state index contributed by atoms with van der Waals surface area (Å²) in [7, 11) is 0. The van der Waals surface area contributed by atoms with Crippen molar-refractivity contribution in [1.82, 2.24) is 5.32 Å². The van der Waals surface area contributed by atoms with Crippen molar-refractivity contribution < 1.29 is 9.50 Å². The number of rotatable bonds is 4. The molecule has 1 atom stereocenters. The fourth-order valence-corrected chi connectivity index (χ4v) is 1.57. The summed E-state index contributed by atoms with van der Waals surface area (Å²) in [5.41, 5.74) is 0.789. The minimum absolute atomic E-state index is 0.0415. The van der Waals surface area contributed by atoms with Gasteiger partial charge < -0.3 is 10.4 Å². The van der Waals surface area contributed by atoms with Crippen molar-refractivity contribution in [3.05, 3.63) is 34.6 Å². The third kappa shape index (κ3) is 3.45. The quantitative estimate of drug-likeness (QED) is 0.835. The summed E-state index contributed by atoms with van der Waals surface area (Å²) in [6.45, 7) is 3.92. The second-order valence-electron chi connectivity index (χ2n) is 3.73. The van der Waals surface area contributed by atoms with Crippen molar-refractivity contribution in [2.45, 2.75) is 25.9 Å². The molecule has 0 fully saturated rings. The Hall–Kier alpha value is -0.640. The number of benzene rings is 1.